The highest BCUT2D eigenvalue weighted by molar-refractivity contribution is 5.85. The lowest BCUT2D eigenvalue weighted by atomic mass is 9.99. The highest BCUT2D eigenvalue weighted by Gasteiger charge is 2.33. The van der Waals surface area contributed by atoms with E-state index in [1.165, 1.54) is 25.7 Å². The molecule has 2 aliphatic heterocycles. The number of hydrogen-bond acceptors (Lipinski definition) is 7. The fourth-order valence-electron chi connectivity index (χ4n) is 4.97. The van der Waals surface area contributed by atoms with Crippen LogP contribution in [0, 0.1) is 5.92 Å². The number of nitrogens with one attached hydrogen (secondary N) is 3. The Hall–Kier alpha value is -3.14. The second kappa shape index (κ2) is 8.66. The summed E-state index contributed by atoms with van der Waals surface area (Å²) in [6.45, 7) is 3.56. The summed E-state index contributed by atoms with van der Waals surface area (Å²) in [5, 5.41) is 14.7. The molecule has 1 saturated carbocycles. The van der Waals surface area contributed by atoms with Crippen molar-refractivity contribution in [1.82, 2.24) is 34.8 Å². The van der Waals surface area contributed by atoms with Gasteiger partial charge in [0.05, 0.1) is 6.33 Å². The molecule has 174 valence electrons. The predicted molar refractivity (Wildman–Crippen MR) is 126 cm³/mol. The van der Waals surface area contributed by atoms with Crippen LogP contribution in [0.2, 0.25) is 0 Å². The number of nitrogens with zero attached hydrogens (tertiary/aromatic N) is 6. The molecule has 2 unspecified atom stereocenters. The molecule has 3 aromatic rings. The molecule has 0 bridgehead atoms. The Morgan fingerprint density at radius 1 is 1.21 bits per heavy atom. The zero-order chi connectivity index (χ0) is 22.2. The van der Waals surface area contributed by atoms with Crippen molar-refractivity contribution in [1.29, 1.82) is 0 Å². The van der Waals surface area contributed by atoms with Crippen molar-refractivity contribution < 1.29 is 4.79 Å². The number of amides is 1. The normalized spacial score (nSPS) is 23.2. The lowest BCUT2D eigenvalue weighted by Crippen LogP contribution is -2.47. The number of imidazole rings is 1. The molecule has 33 heavy (non-hydrogen) atoms. The smallest absolute Gasteiger partial charge is 0.246 e. The average Bonchev–Trinajstić information content (AvgIpc) is 3.22. The molecule has 1 aliphatic carbocycles. The maximum atomic E-state index is 13.1. The molecule has 10 nitrogen and oxygen atoms in total. The fourth-order valence-corrected chi connectivity index (χ4v) is 4.97. The number of aromatic nitrogens is 5. The largest absolute Gasteiger partial charge is 0.354 e. The molecule has 3 aliphatic rings. The van der Waals surface area contributed by atoms with Crippen LogP contribution in [0.15, 0.2) is 30.9 Å². The molecule has 0 spiro atoms. The number of carbonyl (C=O) groups excluding carboxylic acids is 1. The monoisotopic (exact) mass is 449 g/mol. The molecule has 3 fully saturated rings. The molecule has 0 aromatic carbocycles. The molecule has 5 heterocycles. The van der Waals surface area contributed by atoms with E-state index in [1.807, 2.05) is 40.3 Å². The summed E-state index contributed by atoms with van der Waals surface area (Å²) in [6, 6.07) is 4.27. The van der Waals surface area contributed by atoms with E-state index in [4.69, 9.17) is 10.1 Å². The van der Waals surface area contributed by atoms with Crippen LogP contribution in [0.1, 0.15) is 44.6 Å². The first kappa shape index (κ1) is 20.5. The molecule has 3 N–H and O–H groups in total. The number of carbonyl (C=O) groups is 1. The van der Waals surface area contributed by atoms with Crippen molar-refractivity contribution in [3.63, 3.8) is 0 Å². The lowest BCUT2D eigenvalue weighted by Gasteiger charge is -2.27. The third-order valence-corrected chi connectivity index (χ3v) is 6.97. The van der Waals surface area contributed by atoms with Gasteiger partial charge in [0.15, 0.2) is 5.82 Å². The second-order valence-electron chi connectivity index (χ2n) is 9.47. The van der Waals surface area contributed by atoms with E-state index in [0.717, 1.165) is 50.4 Å². The fraction of sp³-hybridized carbons (Fsp3) is 0.565. The summed E-state index contributed by atoms with van der Waals surface area (Å²) in [7, 11) is 0. The van der Waals surface area contributed by atoms with Crippen LogP contribution in [0.5, 0.6) is 0 Å². The summed E-state index contributed by atoms with van der Waals surface area (Å²) >= 11 is 0. The van der Waals surface area contributed by atoms with Crippen LogP contribution >= 0.6 is 0 Å². The third-order valence-electron chi connectivity index (χ3n) is 6.97. The third kappa shape index (κ3) is 4.27. The summed E-state index contributed by atoms with van der Waals surface area (Å²) in [4.78, 5) is 24.5. The summed E-state index contributed by atoms with van der Waals surface area (Å²) in [6.07, 6.45) is 12.4. The van der Waals surface area contributed by atoms with Gasteiger partial charge < -0.3 is 25.4 Å². The summed E-state index contributed by atoms with van der Waals surface area (Å²) in [5.41, 5.74) is 0.879. The Balaban J connectivity index is 1.21. The Morgan fingerprint density at radius 3 is 3.00 bits per heavy atom. The predicted octanol–water partition coefficient (Wildman–Crippen LogP) is 2.09. The Labute approximate surface area is 192 Å². The topological polar surface area (TPSA) is 104 Å². The minimum atomic E-state index is -0.239. The zero-order valence-corrected chi connectivity index (χ0v) is 18.8. The molecular weight excluding hydrogens is 418 g/mol. The Morgan fingerprint density at radius 2 is 2.15 bits per heavy atom. The van der Waals surface area contributed by atoms with E-state index in [9.17, 15) is 4.79 Å². The Kier molecular flexibility index (Phi) is 5.37. The first-order valence-electron chi connectivity index (χ1n) is 12.2. The van der Waals surface area contributed by atoms with Gasteiger partial charge in [-0.2, -0.15) is 4.98 Å². The number of anilines is 3. The minimum Gasteiger partial charge on any atom is -0.354 e. The van der Waals surface area contributed by atoms with Gasteiger partial charge in [0.2, 0.25) is 11.9 Å². The average molecular weight is 450 g/mol. The van der Waals surface area contributed by atoms with E-state index in [1.54, 1.807) is 0 Å². The van der Waals surface area contributed by atoms with E-state index in [2.05, 4.69) is 25.5 Å². The van der Waals surface area contributed by atoms with Crippen LogP contribution in [0.25, 0.3) is 5.52 Å². The highest BCUT2D eigenvalue weighted by Crippen LogP contribution is 2.35. The van der Waals surface area contributed by atoms with Gasteiger partial charge in [-0.05, 0) is 69.7 Å². The van der Waals surface area contributed by atoms with Gasteiger partial charge in [-0.25, -0.2) is 9.50 Å². The van der Waals surface area contributed by atoms with Gasteiger partial charge in [0, 0.05) is 31.5 Å². The van der Waals surface area contributed by atoms with E-state index < -0.39 is 0 Å². The number of fused-ring (bicyclic) bond motifs is 1. The molecule has 2 atom stereocenters. The quantitative estimate of drug-likeness (QED) is 0.507. The maximum Gasteiger partial charge on any atom is 0.246 e. The van der Waals surface area contributed by atoms with Crippen LogP contribution in [-0.2, 0) is 4.79 Å². The summed E-state index contributed by atoms with van der Waals surface area (Å²) < 4.78 is 3.98. The first-order chi connectivity index (χ1) is 16.2. The number of rotatable bonds is 7. The molecular formula is C23H31N9O. The van der Waals surface area contributed by atoms with Crippen molar-refractivity contribution in [2.75, 3.05) is 36.4 Å². The van der Waals surface area contributed by atoms with Crippen LogP contribution < -0.4 is 20.9 Å². The van der Waals surface area contributed by atoms with Crippen molar-refractivity contribution in [3.8, 4) is 0 Å². The minimum absolute atomic E-state index is 0.0759. The summed E-state index contributed by atoms with van der Waals surface area (Å²) in [5.74, 6) is 2.62. The Bertz CT molecular complexity index is 1130. The van der Waals surface area contributed by atoms with Crippen LogP contribution in [-0.4, -0.2) is 62.3 Å². The van der Waals surface area contributed by atoms with E-state index in [0.29, 0.717) is 23.7 Å². The van der Waals surface area contributed by atoms with Gasteiger partial charge >= 0.3 is 0 Å². The van der Waals surface area contributed by atoms with Crippen LogP contribution in [0.4, 0.5) is 17.6 Å². The SMILES string of the molecule is O=C(NCC1CCCNC1)C1CCCN1c1nc(Nc2cn(C3CC3)cn2)c2cccn2n1. The van der Waals surface area contributed by atoms with Crippen molar-refractivity contribution in [2.45, 2.75) is 50.6 Å². The number of hydrogen-bond donors (Lipinski definition) is 3. The van der Waals surface area contributed by atoms with Crippen LogP contribution in [0.3, 0.4) is 0 Å². The molecule has 1 amide bonds. The van der Waals surface area contributed by atoms with Gasteiger partial charge in [-0.3, -0.25) is 4.79 Å². The second-order valence-corrected chi connectivity index (χ2v) is 9.47. The van der Waals surface area contributed by atoms with Gasteiger partial charge in [-0.1, -0.05) is 0 Å². The van der Waals surface area contributed by atoms with Gasteiger partial charge in [0.25, 0.3) is 0 Å². The molecule has 10 heteroatoms. The zero-order valence-electron chi connectivity index (χ0n) is 18.8. The van der Waals surface area contributed by atoms with Gasteiger partial charge in [-0.15, -0.1) is 5.10 Å². The van der Waals surface area contributed by atoms with Crippen molar-refractivity contribution >= 4 is 29.0 Å². The lowest BCUT2D eigenvalue weighted by molar-refractivity contribution is -0.122. The first-order valence-corrected chi connectivity index (χ1v) is 12.2. The highest BCUT2D eigenvalue weighted by atomic mass is 16.2. The number of piperidine rings is 1. The van der Waals surface area contributed by atoms with Crippen molar-refractivity contribution in [2.24, 2.45) is 5.92 Å². The van der Waals surface area contributed by atoms with E-state index >= 15 is 0 Å². The molecule has 2 saturated heterocycles. The van der Waals surface area contributed by atoms with Crippen molar-refractivity contribution in [3.05, 3.63) is 30.9 Å². The molecule has 0 radical (unpaired) electrons. The molecule has 6 rings (SSSR count). The van der Waals surface area contributed by atoms with Gasteiger partial charge in [0.1, 0.15) is 17.4 Å². The standard InChI is InChI=1S/C23H31N9O/c33-22(25-13-16-4-1-9-24-12-16)19-6-2-10-31(19)23-28-21(18-5-3-11-32(18)29-23)27-20-14-30(15-26-20)17-7-8-17/h3,5,11,14-17,19,24H,1-2,4,6-10,12-13H2,(H,25,33)(H,27,28,29). The maximum absolute atomic E-state index is 13.1. The molecule has 3 aromatic heterocycles. The van der Waals surface area contributed by atoms with E-state index in [-0.39, 0.29) is 11.9 Å².